The third-order valence-corrected chi connectivity index (χ3v) is 6.89. The highest BCUT2D eigenvalue weighted by atomic mass is 32.2. The van der Waals surface area contributed by atoms with Crippen LogP contribution >= 0.6 is 23.1 Å². The van der Waals surface area contributed by atoms with Crippen LogP contribution in [0.3, 0.4) is 0 Å². The lowest BCUT2D eigenvalue weighted by Crippen LogP contribution is -2.16. The van der Waals surface area contributed by atoms with E-state index in [0.717, 1.165) is 16.9 Å². The summed E-state index contributed by atoms with van der Waals surface area (Å²) in [6.07, 6.45) is 0. The van der Waals surface area contributed by atoms with Crippen molar-refractivity contribution in [1.82, 2.24) is 14.8 Å². The number of hydrogen-bond donors (Lipinski definition) is 1. The van der Waals surface area contributed by atoms with Gasteiger partial charge in [0.15, 0.2) is 11.0 Å². The minimum Gasteiger partial charge on any atom is -0.486 e. The maximum atomic E-state index is 12.7. The van der Waals surface area contributed by atoms with Crippen LogP contribution < -0.4 is 10.1 Å². The van der Waals surface area contributed by atoms with Crippen LogP contribution in [0, 0.1) is 0 Å². The number of carbonyl (C=O) groups excluding carboxylic acids is 2. The van der Waals surface area contributed by atoms with Crippen molar-refractivity contribution in [2.45, 2.75) is 18.7 Å². The molecule has 0 aliphatic rings. The molecule has 35 heavy (non-hydrogen) atoms. The number of benzene rings is 2. The van der Waals surface area contributed by atoms with Gasteiger partial charge >= 0.3 is 5.97 Å². The molecule has 8 nitrogen and oxygen atoms in total. The first-order valence-corrected chi connectivity index (χ1v) is 12.8. The maximum Gasteiger partial charge on any atom is 0.341 e. The molecule has 0 unspecified atom stereocenters. The Labute approximate surface area is 211 Å². The second-order valence-corrected chi connectivity index (χ2v) is 9.16. The highest BCUT2D eigenvalue weighted by molar-refractivity contribution is 7.99. The molecule has 2 aromatic carbocycles. The third-order valence-electron chi connectivity index (χ3n) is 4.98. The van der Waals surface area contributed by atoms with Gasteiger partial charge in [0.25, 0.3) is 0 Å². The number of hydrogen-bond acceptors (Lipinski definition) is 8. The van der Waals surface area contributed by atoms with Crippen molar-refractivity contribution in [3.8, 4) is 16.9 Å². The van der Waals surface area contributed by atoms with Gasteiger partial charge in [0.1, 0.15) is 22.9 Å². The second kappa shape index (κ2) is 11.7. The van der Waals surface area contributed by atoms with E-state index in [9.17, 15) is 9.59 Å². The largest absolute Gasteiger partial charge is 0.486 e. The van der Waals surface area contributed by atoms with Gasteiger partial charge in [-0.05, 0) is 24.6 Å². The summed E-state index contributed by atoms with van der Waals surface area (Å²) in [5.74, 6) is 0.769. The van der Waals surface area contributed by atoms with Crippen molar-refractivity contribution < 1.29 is 19.1 Å². The number of thiophene rings is 1. The Morgan fingerprint density at radius 2 is 1.77 bits per heavy atom. The molecule has 2 heterocycles. The third kappa shape index (κ3) is 6.09. The summed E-state index contributed by atoms with van der Waals surface area (Å²) in [5.41, 5.74) is 1.97. The molecule has 2 aromatic heterocycles. The topological polar surface area (TPSA) is 95.3 Å². The Morgan fingerprint density at radius 1 is 1.06 bits per heavy atom. The number of carbonyl (C=O) groups is 2. The van der Waals surface area contributed by atoms with E-state index in [0.29, 0.717) is 21.5 Å². The van der Waals surface area contributed by atoms with Crippen LogP contribution in [-0.4, -0.2) is 39.0 Å². The first-order chi connectivity index (χ1) is 17.1. The van der Waals surface area contributed by atoms with Crippen molar-refractivity contribution in [2.75, 3.05) is 17.7 Å². The van der Waals surface area contributed by atoms with E-state index in [2.05, 4.69) is 15.5 Å². The minimum absolute atomic E-state index is 0.104. The maximum absolute atomic E-state index is 12.7. The number of aromatic nitrogens is 3. The zero-order valence-corrected chi connectivity index (χ0v) is 20.9. The highest BCUT2D eigenvalue weighted by Crippen LogP contribution is 2.36. The van der Waals surface area contributed by atoms with Gasteiger partial charge in [0.05, 0.1) is 12.4 Å². The van der Waals surface area contributed by atoms with E-state index in [4.69, 9.17) is 9.47 Å². The SMILES string of the molecule is CCOC(=O)c1c(-c2ccccc2)csc1NC(=O)CSc1nnc(COc2ccccc2)n1C. The number of rotatable bonds is 10. The molecule has 0 aliphatic carbocycles. The second-order valence-electron chi connectivity index (χ2n) is 7.34. The molecule has 1 amide bonds. The van der Waals surface area contributed by atoms with E-state index in [-0.39, 0.29) is 24.9 Å². The molecule has 10 heteroatoms. The quantitative estimate of drug-likeness (QED) is 0.237. The van der Waals surface area contributed by atoms with Gasteiger partial charge in [-0.25, -0.2) is 4.79 Å². The fourth-order valence-electron chi connectivity index (χ4n) is 3.24. The lowest BCUT2D eigenvalue weighted by molar-refractivity contribution is -0.113. The van der Waals surface area contributed by atoms with Crippen molar-refractivity contribution in [3.63, 3.8) is 0 Å². The van der Waals surface area contributed by atoms with Gasteiger partial charge in [0, 0.05) is 18.0 Å². The molecule has 180 valence electrons. The van der Waals surface area contributed by atoms with Crippen molar-refractivity contribution in [1.29, 1.82) is 0 Å². The van der Waals surface area contributed by atoms with Crippen molar-refractivity contribution >= 4 is 40.0 Å². The minimum atomic E-state index is -0.466. The number of esters is 1. The smallest absolute Gasteiger partial charge is 0.341 e. The van der Waals surface area contributed by atoms with E-state index in [1.54, 1.807) is 11.5 Å². The van der Waals surface area contributed by atoms with E-state index in [1.165, 1.54) is 23.1 Å². The fraction of sp³-hybridized carbons (Fsp3) is 0.200. The molecule has 0 saturated carbocycles. The van der Waals surface area contributed by atoms with Crippen LogP contribution in [0.5, 0.6) is 5.75 Å². The summed E-state index contributed by atoms with van der Waals surface area (Å²) < 4.78 is 12.8. The zero-order valence-electron chi connectivity index (χ0n) is 19.3. The van der Waals surface area contributed by atoms with Crippen LogP contribution in [0.1, 0.15) is 23.1 Å². The number of nitrogens with one attached hydrogen (secondary N) is 1. The monoisotopic (exact) mass is 508 g/mol. The highest BCUT2D eigenvalue weighted by Gasteiger charge is 2.23. The van der Waals surface area contributed by atoms with E-state index < -0.39 is 5.97 Å². The van der Waals surface area contributed by atoms with Crippen LogP contribution in [0.15, 0.2) is 71.2 Å². The molecule has 0 radical (unpaired) electrons. The molecule has 0 aliphatic heterocycles. The Kier molecular flexibility index (Phi) is 8.17. The molecule has 0 spiro atoms. The molecule has 4 aromatic rings. The predicted molar refractivity (Wildman–Crippen MR) is 137 cm³/mol. The summed E-state index contributed by atoms with van der Waals surface area (Å²) in [4.78, 5) is 25.4. The van der Waals surface area contributed by atoms with Gasteiger partial charge in [-0.3, -0.25) is 4.79 Å². The average Bonchev–Trinajstić information content (AvgIpc) is 3.46. The first kappa shape index (κ1) is 24.5. The Bertz CT molecular complexity index is 1290. The van der Waals surface area contributed by atoms with Gasteiger partial charge in [-0.2, -0.15) is 0 Å². The van der Waals surface area contributed by atoms with Crippen LogP contribution in [0.2, 0.25) is 0 Å². The Hall–Kier alpha value is -3.63. The van der Waals surface area contributed by atoms with Crippen molar-refractivity contribution in [2.24, 2.45) is 7.05 Å². The number of thioether (sulfide) groups is 1. The molecule has 4 rings (SSSR count). The van der Waals surface area contributed by atoms with E-state index in [1.807, 2.05) is 73.1 Å². The van der Waals surface area contributed by atoms with Gasteiger partial charge in [-0.15, -0.1) is 21.5 Å². The Morgan fingerprint density at radius 3 is 2.49 bits per heavy atom. The summed E-state index contributed by atoms with van der Waals surface area (Å²) in [6.45, 7) is 2.26. The summed E-state index contributed by atoms with van der Waals surface area (Å²) in [6, 6.07) is 19.0. The number of amides is 1. The number of para-hydroxylation sites is 1. The van der Waals surface area contributed by atoms with Crippen LogP contribution in [-0.2, 0) is 23.2 Å². The fourth-order valence-corrected chi connectivity index (χ4v) is 4.94. The standard InChI is InChI=1S/C25H24N4O4S2/c1-3-32-24(31)22-19(17-10-6-4-7-11-17)15-34-23(22)26-21(30)16-35-25-28-27-20(29(25)2)14-33-18-12-8-5-9-13-18/h4-13,15H,3,14,16H2,1-2H3,(H,26,30). The normalized spacial score (nSPS) is 10.7. The molecule has 0 fully saturated rings. The van der Waals surface area contributed by atoms with Crippen LogP contribution in [0.25, 0.3) is 11.1 Å². The van der Waals surface area contributed by atoms with Gasteiger partial charge in [0.2, 0.25) is 5.91 Å². The molecular formula is C25H24N4O4S2. The summed E-state index contributed by atoms with van der Waals surface area (Å²) in [7, 11) is 1.83. The molecule has 0 atom stereocenters. The summed E-state index contributed by atoms with van der Waals surface area (Å²) in [5, 5.41) is 14.1. The van der Waals surface area contributed by atoms with E-state index >= 15 is 0 Å². The average molecular weight is 509 g/mol. The lowest BCUT2D eigenvalue weighted by atomic mass is 10.0. The summed E-state index contributed by atoms with van der Waals surface area (Å²) >= 11 is 2.55. The predicted octanol–water partition coefficient (Wildman–Crippen LogP) is 5.03. The molecule has 0 bridgehead atoms. The van der Waals surface area contributed by atoms with Crippen molar-refractivity contribution in [3.05, 3.63) is 77.4 Å². The number of ether oxygens (including phenoxy) is 2. The van der Waals surface area contributed by atoms with Crippen LogP contribution in [0.4, 0.5) is 5.00 Å². The number of anilines is 1. The molecular weight excluding hydrogens is 484 g/mol. The first-order valence-electron chi connectivity index (χ1n) is 10.9. The Balaban J connectivity index is 1.40. The number of nitrogens with zero attached hydrogens (tertiary/aromatic N) is 3. The van der Waals surface area contributed by atoms with Gasteiger partial charge in [-0.1, -0.05) is 60.3 Å². The lowest BCUT2D eigenvalue weighted by Gasteiger charge is -2.09. The van der Waals surface area contributed by atoms with Gasteiger partial charge < -0.3 is 19.4 Å². The molecule has 1 N–H and O–H groups in total. The zero-order chi connectivity index (χ0) is 24.6. The molecule has 0 saturated heterocycles.